The van der Waals surface area contributed by atoms with Gasteiger partial charge < -0.3 is 15.4 Å². The van der Waals surface area contributed by atoms with E-state index in [1.165, 1.54) is 16.8 Å². The summed E-state index contributed by atoms with van der Waals surface area (Å²) < 4.78 is 5.22. The van der Waals surface area contributed by atoms with Crippen LogP contribution in [0.1, 0.15) is 37.0 Å². The van der Waals surface area contributed by atoms with E-state index in [-0.39, 0.29) is 5.91 Å². The van der Waals surface area contributed by atoms with Gasteiger partial charge in [0, 0.05) is 25.2 Å². The van der Waals surface area contributed by atoms with Crippen LogP contribution in [0.15, 0.2) is 42.5 Å². The minimum Gasteiger partial charge on any atom is -0.497 e. The summed E-state index contributed by atoms with van der Waals surface area (Å²) in [5.74, 6) is 0.923. The Morgan fingerprint density at radius 1 is 1.00 bits per heavy atom. The van der Waals surface area contributed by atoms with E-state index in [1.54, 1.807) is 7.11 Å². The van der Waals surface area contributed by atoms with Crippen LogP contribution >= 0.6 is 0 Å². The van der Waals surface area contributed by atoms with Crippen molar-refractivity contribution in [3.8, 4) is 5.75 Å². The van der Waals surface area contributed by atoms with Crippen LogP contribution in [0.5, 0.6) is 5.75 Å². The van der Waals surface area contributed by atoms with Crippen LogP contribution in [0.25, 0.3) is 0 Å². The SMILES string of the molecule is CCc1cccc(CC)c1NCCC(=O)NCCc1cccc(OC)c1. The second kappa shape index (κ2) is 10.5. The molecule has 2 rings (SSSR count). The van der Waals surface area contributed by atoms with Crippen LogP contribution in [0.2, 0.25) is 0 Å². The van der Waals surface area contributed by atoms with Crippen molar-refractivity contribution >= 4 is 11.6 Å². The summed E-state index contributed by atoms with van der Waals surface area (Å²) in [6, 6.07) is 14.3. The van der Waals surface area contributed by atoms with Crippen molar-refractivity contribution in [1.82, 2.24) is 5.32 Å². The third kappa shape index (κ3) is 5.80. The third-order valence-electron chi connectivity index (χ3n) is 4.52. The number of ether oxygens (including phenoxy) is 1. The van der Waals surface area contributed by atoms with Gasteiger partial charge in [0.15, 0.2) is 0 Å². The standard InChI is InChI=1S/C22H30N2O2/c1-4-18-9-7-10-19(5-2)22(18)24-15-13-21(25)23-14-12-17-8-6-11-20(16-17)26-3/h6-11,16,24H,4-5,12-15H2,1-3H3,(H,23,25). The molecule has 0 spiro atoms. The van der Waals surface area contributed by atoms with Gasteiger partial charge in [0.25, 0.3) is 0 Å². The minimum atomic E-state index is 0.0763. The molecule has 0 fully saturated rings. The van der Waals surface area contributed by atoms with Gasteiger partial charge in [-0.3, -0.25) is 4.79 Å². The molecule has 4 nitrogen and oxygen atoms in total. The Labute approximate surface area is 157 Å². The first-order chi connectivity index (χ1) is 12.7. The lowest BCUT2D eigenvalue weighted by Gasteiger charge is -2.15. The molecule has 0 heterocycles. The minimum absolute atomic E-state index is 0.0763. The van der Waals surface area contributed by atoms with E-state index in [4.69, 9.17) is 4.74 Å². The predicted octanol–water partition coefficient (Wildman–Crippen LogP) is 3.98. The van der Waals surface area contributed by atoms with E-state index in [9.17, 15) is 4.79 Å². The summed E-state index contributed by atoms with van der Waals surface area (Å²) in [5.41, 5.74) is 4.97. The van der Waals surface area contributed by atoms with E-state index >= 15 is 0 Å². The number of aryl methyl sites for hydroxylation is 2. The van der Waals surface area contributed by atoms with E-state index in [1.807, 2.05) is 24.3 Å². The number of hydrogen-bond acceptors (Lipinski definition) is 3. The zero-order valence-corrected chi connectivity index (χ0v) is 16.1. The van der Waals surface area contributed by atoms with Gasteiger partial charge in [0.1, 0.15) is 5.75 Å². The van der Waals surface area contributed by atoms with Gasteiger partial charge >= 0.3 is 0 Å². The number of nitrogens with one attached hydrogen (secondary N) is 2. The van der Waals surface area contributed by atoms with Crippen molar-refractivity contribution < 1.29 is 9.53 Å². The Bertz CT molecular complexity index is 691. The van der Waals surface area contributed by atoms with Crippen LogP contribution in [0, 0.1) is 0 Å². The average Bonchev–Trinajstić information content (AvgIpc) is 2.68. The molecule has 0 saturated heterocycles. The van der Waals surface area contributed by atoms with Gasteiger partial charge in [0.2, 0.25) is 5.91 Å². The van der Waals surface area contributed by atoms with Gasteiger partial charge in [-0.1, -0.05) is 44.2 Å². The number of methoxy groups -OCH3 is 1. The first-order valence-electron chi connectivity index (χ1n) is 9.42. The monoisotopic (exact) mass is 354 g/mol. The Balaban J connectivity index is 1.75. The normalized spacial score (nSPS) is 10.4. The van der Waals surface area contributed by atoms with Crippen molar-refractivity contribution in [2.75, 3.05) is 25.5 Å². The highest BCUT2D eigenvalue weighted by Crippen LogP contribution is 2.22. The summed E-state index contributed by atoms with van der Waals surface area (Å²) in [6.07, 6.45) is 3.25. The average molecular weight is 354 g/mol. The molecular weight excluding hydrogens is 324 g/mol. The molecule has 1 amide bonds. The van der Waals surface area contributed by atoms with Crippen molar-refractivity contribution in [1.29, 1.82) is 0 Å². The number of amides is 1. The Morgan fingerprint density at radius 2 is 1.69 bits per heavy atom. The molecule has 0 aliphatic heterocycles. The molecule has 2 aromatic carbocycles. The lowest BCUT2D eigenvalue weighted by atomic mass is 10.0. The molecule has 0 saturated carbocycles. The van der Waals surface area contributed by atoms with Crippen LogP contribution in [0.4, 0.5) is 5.69 Å². The highest BCUT2D eigenvalue weighted by Gasteiger charge is 2.07. The molecule has 0 bridgehead atoms. The van der Waals surface area contributed by atoms with E-state index in [2.05, 4.69) is 42.7 Å². The van der Waals surface area contributed by atoms with Gasteiger partial charge in [-0.15, -0.1) is 0 Å². The van der Waals surface area contributed by atoms with Gasteiger partial charge in [-0.05, 0) is 48.1 Å². The number of rotatable bonds is 10. The second-order valence-electron chi connectivity index (χ2n) is 6.29. The number of carbonyl (C=O) groups excluding carboxylic acids is 1. The van der Waals surface area contributed by atoms with Crippen molar-refractivity contribution in [2.24, 2.45) is 0 Å². The topological polar surface area (TPSA) is 50.4 Å². The molecule has 0 aliphatic rings. The molecule has 140 valence electrons. The highest BCUT2D eigenvalue weighted by molar-refractivity contribution is 5.76. The van der Waals surface area contributed by atoms with Crippen molar-refractivity contribution in [3.63, 3.8) is 0 Å². The first kappa shape index (κ1) is 19.8. The van der Waals surface area contributed by atoms with Gasteiger partial charge in [0.05, 0.1) is 7.11 Å². The zero-order valence-electron chi connectivity index (χ0n) is 16.1. The van der Waals surface area contributed by atoms with Crippen LogP contribution in [-0.2, 0) is 24.1 Å². The van der Waals surface area contributed by atoms with E-state index in [0.29, 0.717) is 19.5 Å². The fourth-order valence-corrected chi connectivity index (χ4v) is 3.03. The molecule has 2 N–H and O–H groups in total. The largest absolute Gasteiger partial charge is 0.497 e. The molecule has 4 heteroatoms. The molecule has 0 atom stereocenters. The first-order valence-corrected chi connectivity index (χ1v) is 9.42. The predicted molar refractivity (Wildman–Crippen MR) is 108 cm³/mol. The number of carbonyl (C=O) groups is 1. The summed E-state index contributed by atoms with van der Waals surface area (Å²) in [7, 11) is 1.66. The van der Waals surface area contributed by atoms with Gasteiger partial charge in [-0.2, -0.15) is 0 Å². The molecular formula is C22H30N2O2. The summed E-state index contributed by atoms with van der Waals surface area (Å²) in [6.45, 7) is 5.60. The fraction of sp³-hybridized carbons (Fsp3) is 0.409. The maximum Gasteiger partial charge on any atom is 0.221 e. The zero-order chi connectivity index (χ0) is 18.8. The summed E-state index contributed by atoms with van der Waals surface area (Å²) in [5, 5.41) is 6.45. The molecule has 0 unspecified atom stereocenters. The Morgan fingerprint density at radius 3 is 2.35 bits per heavy atom. The maximum atomic E-state index is 12.1. The fourth-order valence-electron chi connectivity index (χ4n) is 3.03. The highest BCUT2D eigenvalue weighted by atomic mass is 16.5. The Kier molecular flexibility index (Phi) is 8.00. The number of hydrogen-bond donors (Lipinski definition) is 2. The van der Waals surface area contributed by atoms with E-state index in [0.717, 1.165) is 30.6 Å². The van der Waals surface area contributed by atoms with Crippen molar-refractivity contribution in [2.45, 2.75) is 39.5 Å². The molecule has 2 aromatic rings. The Hall–Kier alpha value is -2.49. The summed E-state index contributed by atoms with van der Waals surface area (Å²) >= 11 is 0. The van der Waals surface area contributed by atoms with Gasteiger partial charge in [-0.25, -0.2) is 0 Å². The second-order valence-corrected chi connectivity index (χ2v) is 6.29. The van der Waals surface area contributed by atoms with E-state index < -0.39 is 0 Å². The lowest BCUT2D eigenvalue weighted by molar-refractivity contribution is -0.120. The number of anilines is 1. The molecule has 0 radical (unpaired) electrons. The maximum absolute atomic E-state index is 12.1. The van der Waals surface area contributed by atoms with Crippen LogP contribution in [-0.4, -0.2) is 26.1 Å². The number of benzene rings is 2. The molecule has 0 aromatic heterocycles. The summed E-state index contributed by atoms with van der Waals surface area (Å²) in [4.78, 5) is 12.1. The lowest BCUT2D eigenvalue weighted by Crippen LogP contribution is -2.27. The van der Waals surface area contributed by atoms with Crippen LogP contribution < -0.4 is 15.4 Å². The third-order valence-corrected chi connectivity index (χ3v) is 4.52. The smallest absolute Gasteiger partial charge is 0.221 e. The van der Waals surface area contributed by atoms with Crippen molar-refractivity contribution in [3.05, 3.63) is 59.2 Å². The molecule has 0 aliphatic carbocycles. The number of para-hydroxylation sites is 1. The van der Waals surface area contributed by atoms with Crippen LogP contribution in [0.3, 0.4) is 0 Å². The quantitative estimate of drug-likeness (QED) is 0.678. The molecule has 26 heavy (non-hydrogen) atoms.